The van der Waals surface area contributed by atoms with Gasteiger partial charge in [0.05, 0.1) is 7.05 Å². The number of nitrogens with zero attached hydrogens (tertiary/aromatic N) is 2. The maximum Gasteiger partial charge on any atom is 0.297 e. The van der Waals surface area contributed by atoms with Gasteiger partial charge >= 0.3 is 0 Å². The van der Waals surface area contributed by atoms with E-state index in [0.717, 1.165) is 23.5 Å². The summed E-state index contributed by atoms with van der Waals surface area (Å²) >= 11 is 5.74. The Kier molecular flexibility index (Phi) is 3.44. The fourth-order valence-electron chi connectivity index (χ4n) is 1.63. The van der Waals surface area contributed by atoms with Crippen LogP contribution in [0, 0.1) is 0 Å². The van der Waals surface area contributed by atoms with Gasteiger partial charge in [-0.3, -0.25) is 11.2 Å². The number of halogens is 1. The molecule has 0 aliphatic heterocycles. The Morgan fingerprint density at radius 1 is 1.35 bits per heavy atom. The number of rotatable bonds is 3. The first-order chi connectivity index (χ1) is 8.20. The van der Waals surface area contributed by atoms with Gasteiger partial charge in [0, 0.05) is 18.7 Å². The van der Waals surface area contributed by atoms with Gasteiger partial charge < -0.3 is 0 Å². The summed E-state index contributed by atoms with van der Waals surface area (Å²) in [4.78, 5) is 4.05. The van der Waals surface area contributed by atoms with E-state index in [1.54, 1.807) is 16.9 Å². The van der Waals surface area contributed by atoms with Crippen LogP contribution >= 0.6 is 11.6 Å². The summed E-state index contributed by atoms with van der Waals surface area (Å²) in [5.74, 6) is 6.84. The van der Waals surface area contributed by atoms with E-state index in [0.29, 0.717) is 5.15 Å². The molecule has 2 aromatic heterocycles. The minimum atomic E-state index is 0.498. The maximum atomic E-state index is 5.98. The lowest BCUT2D eigenvalue weighted by molar-refractivity contribution is -0.632. The number of pyridine rings is 2. The van der Waals surface area contributed by atoms with E-state index >= 15 is 0 Å². The predicted molar refractivity (Wildman–Crippen MR) is 68.4 cm³/mol. The molecule has 2 aromatic rings. The highest BCUT2D eigenvalue weighted by Gasteiger charge is 2.09. The molecule has 2 heterocycles. The van der Waals surface area contributed by atoms with Crippen LogP contribution in [0.15, 0.2) is 36.5 Å². The average Bonchev–Trinajstić information content (AvgIpc) is 2.35. The topological polar surface area (TPSA) is 54.8 Å². The zero-order valence-corrected chi connectivity index (χ0v) is 10.3. The van der Waals surface area contributed by atoms with E-state index in [1.807, 2.05) is 31.3 Å². The van der Waals surface area contributed by atoms with Crippen molar-refractivity contribution in [1.82, 2.24) is 4.98 Å². The van der Waals surface area contributed by atoms with Crippen molar-refractivity contribution < 1.29 is 4.68 Å². The second kappa shape index (κ2) is 5.01. The van der Waals surface area contributed by atoms with Gasteiger partial charge in [-0.25, -0.2) is 4.98 Å². The van der Waals surface area contributed by atoms with Crippen LogP contribution in [0.2, 0.25) is 5.15 Å². The van der Waals surface area contributed by atoms with Gasteiger partial charge in [-0.05, 0) is 17.7 Å². The zero-order chi connectivity index (χ0) is 12.3. The lowest BCUT2D eigenvalue weighted by Gasteiger charge is -2.05. The van der Waals surface area contributed by atoms with Gasteiger partial charge in [-0.1, -0.05) is 23.7 Å². The first-order valence-electron chi connectivity index (χ1n) is 5.28. The monoisotopic (exact) mass is 249 g/mol. The number of aromatic nitrogens is 2. The molecule has 0 atom stereocenters. The Hall–Kier alpha value is -1.81. The standard InChI is InChI=1S/C12H13ClN4/c1-15-12-4-2-3-10(17(12)14)7-9-5-6-11(13)16-8-9/h2-6,8H,7,14H2,1H3/p+1. The number of nitrogens with two attached hydrogens (primary N) is 1. The smallest absolute Gasteiger partial charge is 0.275 e. The quantitative estimate of drug-likeness (QED) is 0.491. The number of anilines is 1. The molecule has 2 rings (SSSR count). The molecule has 3 N–H and O–H groups in total. The molecule has 88 valence electrons. The lowest BCUT2D eigenvalue weighted by Crippen LogP contribution is -2.50. The minimum Gasteiger partial charge on any atom is -0.275 e. The van der Waals surface area contributed by atoms with E-state index in [2.05, 4.69) is 10.3 Å². The lowest BCUT2D eigenvalue weighted by atomic mass is 10.1. The van der Waals surface area contributed by atoms with Crippen molar-refractivity contribution in [3.63, 3.8) is 0 Å². The molecule has 0 bridgehead atoms. The highest BCUT2D eigenvalue weighted by Crippen LogP contribution is 2.09. The number of nitrogens with one attached hydrogen (secondary N) is 1. The minimum absolute atomic E-state index is 0.498. The summed E-state index contributed by atoms with van der Waals surface area (Å²) in [6, 6.07) is 9.59. The average molecular weight is 250 g/mol. The molecule has 0 radical (unpaired) electrons. The number of hydrogen-bond donors (Lipinski definition) is 2. The van der Waals surface area contributed by atoms with Crippen LogP contribution in [-0.2, 0) is 6.42 Å². The maximum absolute atomic E-state index is 5.98. The van der Waals surface area contributed by atoms with Crippen LogP contribution < -0.4 is 15.8 Å². The van der Waals surface area contributed by atoms with Crippen LogP contribution in [0.4, 0.5) is 5.82 Å². The summed E-state index contributed by atoms with van der Waals surface area (Å²) in [5, 5.41) is 3.53. The summed E-state index contributed by atoms with van der Waals surface area (Å²) in [5.41, 5.74) is 2.07. The molecule has 0 saturated carbocycles. The van der Waals surface area contributed by atoms with Gasteiger partial charge in [-0.2, -0.15) is 0 Å². The molecule has 5 heteroatoms. The molecule has 0 aliphatic carbocycles. The van der Waals surface area contributed by atoms with Crippen LogP contribution in [-0.4, -0.2) is 12.0 Å². The molecule has 0 aliphatic rings. The van der Waals surface area contributed by atoms with Crippen molar-refractivity contribution in [1.29, 1.82) is 0 Å². The second-order valence-electron chi connectivity index (χ2n) is 3.69. The molecule has 0 saturated heterocycles. The van der Waals surface area contributed by atoms with Crippen LogP contribution in [0.3, 0.4) is 0 Å². The number of nitrogen functional groups attached to an aromatic ring is 1. The van der Waals surface area contributed by atoms with E-state index in [4.69, 9.17) is 17.4 Å². The first-order valence-corrected chi connectivity index (χ1v) is 5.65. The highest BCUT2D eigenvalue weighted by atomic mass is 35.5. The van der Waals surface area contributed by atoms with E-state index in [9.17, 15) is 0 Å². The van der Waals surface area contributed by atoms with Crippen molar-refractivity contribution in [2.24, 2.45) is 0 Å². The first kappa shape index (κ1) is 11.7. The molecular formula is C12H14ClN4+. The van der Waals surface area contributed by atoms with Gasteiger partial charge in [0.25, 0.3) is 5.82 Å². The van der Waals surface area contributed by atoms with Gasteiger partial charge in [0.1, 0.15) is 10.8 Å². The van der Waals surface area contributed by atoms with Gasteiger partial charge in [0.2, 0.25) is 0 Å². The molecular weight excluding hydrogens is 236 g/mol. The van der Waals surface area contributed by atoms with Crippen molar-refractivity contribution >= 4 is 17.4 Å². The van der Waals surface area contributed by atoms with Gasteiger partial charge in [0.15, 0.2) is 0 Å². The van der Waals surface area contributed by atoms with Crippen molar-refractivity contribution in [2.75, 3.05) is 18.2 Å². The highest BCUT2D eigenvalue weighted by molar-refractivity contribution is 6.29. The summed E-state index contributed by atoms with van der Waals surface area (Å²) in [6.45, 7) is 0. The molecule has 0 unspecified atom stereocenters. The molecule has 17 heavy (non-hydrogen) atoms. The Balaban J connectivity index is 2.27. The van der Waals surface area contributed by atoms with Crippen molar-refractivity contribution in [3.8, 4) is 0 Å². The van der Waals surface area contributed by atoms with Crippen LogP contribution in [0.5, 0.6) is 0 Å². The molecule has 0 amide bonds. The third-order valence-electron chi connectivity index (χ3n) is 2.54. The zero-order valence-electron chi connectivity index (χ0n) is 9.52. The molecule has 4 nitrogen and oxygen atoms in total. The molecule has 0 aromatic carbocycles. The van der Waals surface area contributed by atoms with Crippen LogP contribution in [0.25, 0.3) is 0 Å². The Morgan fingerprint density at radius 3 is 2.82 bits per heavy atom. The van der Waals surface area contributed by atoms with E-state index in [-0.39, 0.29) is 0 Å². The largest absolute Gasteiger partial charge is 0.297 e. The fourth-order valence-corrected chi connectivity index (χ4v) is 1.75. The summed E-state index contributed by atoms with van der Waals surface area (Å²) in [7, 11) is 1.84. The summed E-state index contributed by atoms with van der Waals surface area (Å²) in [6.07, 6.45) is 2.48. The van der Waals surface area contributed by atoms with E-state index < -0.39 is 0 Å². The normalized spacial score (nSPS) is 10.2. The third-order valence-corrected chi connectivity index (χ3v) is 2.77. The SMILES string of the molecule is CNc1cccc(Cc2ccc(Cl)nc2)[n+]1N. The Labute approximate surface area is 105 Å². The third kappa shape index (κ3) is 2.65. The molecule has 0 spiro atoms. The Bertz CT molecular complexity index is 510. The van der Waals surface area contributed by atoms with Crippen molar-refractivity contribution in [3.05, 3.63) is 52.9 Å². The van der Waals surface area contributed by atoms with Crippen molar-refractivity contribution in [2.45, 2.75) is 6.42 Å². The number of hydrogen-bond acceptors (Lipinski definition) is 3. The fraction of sp³-hybridized carbons (Fsp3) is 0.167. The second-order valence-corrected chi connectivity index (χ2v) is 4.08. The van der Waals surface area contributed by atoms with E-state index in [1.165, 1.54) is 0 Å². The Morgan fingerprint density at radius 2 is 2.18 bits per heavy atom. The molecule has 0 fully saturated rings. The van der Waals surface area contributed by atoms with Gasteiger partial charge in [-0.15, -0.1) is 4.68 Å². The predicted octanol–water partition coefficient (Wildman–Crippen LogP) is 1.37. The van der Waals surface area contributed by atoms with Crippen LogP contribution in [0.1, 0.15) is 11.3 Å². The summed E-state index contributed by atoms with van der Waals surface area (Å²) < 4.78 is 1.63.